The minimum absolute atomic E-state index is 0.00566. The van der Waals surface area contributed by atoms with Gasteiger partial charge in [0, 0.05) is 17.3 Å². The van der Waals surface area contributed by atoms with E-state index in [0.29, 0.717) is 13.0 Å². The van der Waals surface area contributed by atoms with E-state index in [-0.39, 0.29) is 22.7 Å². The zero-order chi connectivity index (χ0) is 14.6. The van der Waals surface area contributed by atoms with Gasteiger partial charge in [0.2, 0.25) is 0 Å². The van der Waals surface area contributed by atoms with Crippen LogP contribution in [0.1, 0.15) is 45.4 Å². The summed E-state index contributed by atoms with van der Waals surface area (Å²) in [7, 11) is 0. The van der Waals surface area contributed by atoms with E-state index >= 15 is 0 Å². The normalized spacial score (nSPS) is 33.6. The number of amides is 2. The summed E-state index contributed by atoms with van der Waals surface area (Å²) in [6.07, 6.45) is 5.38. The molecule has 2 fully saturated rings. The monoisotopic (exact) mass is 300 g/mol. The van der Waals surface area contributed by atoms with Gasteiger partial charge in [-0.05, 0) is 44.8 Å². The van der Waals surface area contributed by atoms with Gasteiger partial charge < -0.3 is 15.7 Å². The Morgan fingerprint density at radius 2 is 2.15 bits per heavy atom. The van der Waals surface area contributed by atoms with Crippen LogP contribution in [0.25, 0.3) is 0 Å². The lowest BCUT2D eigenvalue weighted by Gasteiger charge is -2.28. The quantitative estimate of drug-likeness (QED) is 0.744. The number of nitrogens with one attached hydrogen (secondary N) is 2. The first-order valence-electron chi connectivity index (χ1n) is 7.40. The highest BCUT2D eigenvalue weighted by molar-refractivity contribution is 8.00. The van der Waals surface area contributed by atoms with Crippen molar-refractivity contribution in [1.82, 2.24) is 10.6 Å². The van der Waals surface area contributed by atoms with E-state index in [1.54, 1.807) is 0 Å². The van der Waals surface area contributed by atoms with Crippen molar-refractivity contribution in [3.8, 4) is 0 Å². The van der Waals surface area contributed by atoms with Gasteiger partial charge in [-0.25, -0.2) is 4.79 Å². The van der Waals surface area contributed by atoms with Crippen LogP contribution in [0.15, 0.2) is 0 Å². The molecule has 0 aromatic rings. The van der Waals surface area contributed by atoms with E-state index in [2.05, 4.69) is 17.6 Å². The van der Waals surface area contributed by atoms with Crippen LogP contribution in [0.3, 0.4) is 0 Å². The summed E-state index contributed by atoms with van der Waals surface area (Å²) in [4.78, 5) is 22.9. The number of carbonyl (C=O) groups is 2. The van der Waals surface area contributed by atoms with Crippen molar-refractivity contribution in [3.63, 3.8) is 0 Å². The molecule has 0 spiro atoms. The van der Waals surface area contributed by atoms with Crippen molar-refractivity contribution in [2.75, 3.05) is 12.3 Å². The smallest absolute Gasteiger partial charge is 0.315 e. The molecule has 3 atom stereocenters. The molecule has 3 N–H and O–H groups in total. The Kier molecular flexibility index (Phi) is 5.18. The number of aliphatic carboxylic acids is 1. The first-order chi connectivity index (χ1) is 9.48. The molecule has 0 radical (unpaired) electrons. The number of hydrogen-bond donors (Lipinski definition) is 3. The summed E-state index contributed by atoms with van der Waals surface area (Å²) in [5.74, 6) is 0.117. The topological polar surface area (TPSA) is 78.4 Å². The number of urea groups is 1. The Hall–Kier alpha value is -0.910. The van der Waals surface area contributed by atoms with Crippen molar-refractivity contribution in [2.45, 2.75) is 56.2 Å². The minimum Gasteiger partial charge on any atom is -0.481 e. The van der Waals surface area contributed by atoms with E-state index in [4.69, 9.17) is 5.11 Å². The number of carbonyl (C=O) groups excluding carboxylic acids is 1. The van der Waals surface area contributed by atoms with Crippen molar-refractivity contribution >= 4 is 23.8 Å². The molecular weight excluding hydrogens is 276 g/mol. The lowest BCUT2D eigenvalue weighted by molar-refractivity contribution is -0.143. The maximum absolute atomic E-state index is 11.9. The van der Waals surface area contributed by atoms with Gasteiger partial charge >= 0.3 is 12.0 Å². The SMILES string of the molecule is CC1(CNC(=O)NC2CCCC(C(=O)O)C2)CCCS1. The third kappa shape index (κ3) is 4.30. The molecule has 0 aromatic heterocycles. The summed E-state index contributed by atoms with van der Waals surface area (Å²) in [6.45, 7) is 2.87. The van der Waals surface area contributed by atoms with E-state index in [9.17, 15) is 9.59 Å². The van der Waals surface area contributed by atoms with Crippen LogP contribution in [0, 0.1) is 5.92 Å². The number of carboxylic acid groups (broad SMARTS) is 1. The van der Waals surface area contributed by atoms with Gasteiger partial charge in [-0.15, -0.1) is 0 Å². The van der Waals surface area contributed by atoms with Crippen LogP contribution in [0.5, 0.6) is 0 Å². The molecule has 2 amide bonds. The zero-order valence-electron chi connectivity index (χ0n) is 12.0. The Bertz CT molecular complexity index is 369. The third-order valence-corrected chi connectivity index (χ3v) is 5.82. The Morgan fingerprint density at radius 3 is 2.80 bits per heavy atom. The number of hydrogen-bond acceptors (Lipinski definition) is 3. The zero-order valence-corrected chi connectivity index (χ0v) is 12.8. The van der Waals surface area contributed by atoms with Crippen LogP contribution < -0.4 is 10.6 Å². The molecule has 2 aliphatic rings. The number of rotatable bonds is 4. The molecule has 1 saturated heterocycles. The minimum atomic E-state index is -0.744. The predicted octanol–water partition coefficient (Wildman–Crippen LogP) is 2.21. The molecule has 3 unspecified atom stereocenters. The molecule has 0 aromatic carbocycles. The molecule has 6 heteroatoms. The molecule has 0 bridgehead atoms. The van der Waals surface area contributed by atoms with Gasteiger partial charge in [0.15, 0.2) is 0 Å². The molecular formula is C14H24N2O3S. The van der Waals surface area contributed by atoms with Gasteiger partial charge in [-0.1, -0.05) is 6.42 Å². The van der Waals surface area contributed by atoms with E-state index < -0.39 is 5.97 Å². The highest BCUT2D eigenvalue weighted by Gasteiger charge is 2.31. The maximum atomic E-state index is 11.9. The van der Waals surface area contributed by atoms with Crippen LogP contribution in [0.4, 0.5) is 4.79 Å². The van der Waals surface area contributed by atoms with E-state index in [1.807, 2.05) is 11.8 Å². The van der Waals surface area contributed by atoms with Gasteiger partial charge in [-0.2, -0.15) is 11.8 Å². The summed E-state index contributed by atoms with van der Waals surface area (Å²) < 4.78 is 0.160. The van der Waals surface area contributed by atoms with Crippen molar-refractivity contribution in [1.29, 1.82) is 0 Å². The van der Waals surface area contributed by atoms with Crippen molar-refractivity contribution in [2.24, 2.45) is 5.92 Å². The van der Waals surface area contributed by atoms with Gasteiger partial charge in [0.25, 0.3) is 0 Å². The van der Waals surface area contributed by atoms with E-state index in [1.165, 1.54) is 12.2 Å². The van der Waals surface area contributed by atoms with Crippen LogP contribution in [-0.4, -0.2) is 40.2 Å². The fourth-order valence-electron chi connectivity index (χ4n) is 3.03. The summed E-state index contributed by atoms with van der Waals surface area (Å²) in [5, 5.41) is 14.9. The highest BCUT2D eigenvalue weighted by Crippen LogP contribution is 2.36. The summed E-state index contributed by atoms with van der Waals surface area (Å²) in [6, 6.07) is -0.163. The fourth-order valence-corrected chi connectivity index (χ4v) is 4.27. The second kappa shape index (κ2) is 6.70. The molecule has 1 saturated carbocycles. The largest absolute Gasteiger partial charge is 0.481 e. The number of carboxylic acids is 1. The summed E-state index contributed by atoms with van der Waals surface area (Å²) >= 11 is 1.92. The van der Waals surface area contributed by atoms with E-state index in [0.717, 1.165) is 25.7 Å². The van der Waals surface area contributed by atoms with Gasteiger partial charge in [0.1, 0.15) is 0 Å². The first kappa shape index (κ1) is 15.5. The third-order valence-electron chi connectivity index (χ3n) is 4.28. The fraction of sp³-hybridized carbons (Fsp3) is 0.857. The first-order valence-corrected chi connectivity index (χ1v) is 8.38. The lowest BCUT2D eigenvalue weighted by atomic mass is 9.86. The molecule has 1 aliphatic heterocycles. The lowest BCUT2D eigenvalue weighted by Crippen LogP contribution is -2.47. The predicted molar refractivity (Wildman–Crippen MR) is 80.0 cm³/mol. The van der Waals surface area contributed by atoms with Gasteiger partial charge in [0.05, 0.1) is 5.92 Å². The maximum Gasteiger partial charge on any atom is 0.315 e. The second-order valence-corrected chi connectivity index (χ2v) is 7.81. The number of thioether (sulfide) groups is 1. The molecule has 1 heterocycles. The Balaban J connectivity index is 1.72. The molecule has 20 heavy (non-hydrogen) atoms. The molecule has 5 nitrogen and oxygen atoms in total. The Morgan fingerprint density at radius 1 is 1.35 bits per heavy atom. The highest BCUT2D eigenvalue weighted by atomic mass is 32.2. The molecule has 114 valence electrons. The van der Waals surface area contributed by atoms with Gasteiger partial charge in [-0.3, -0.25) is 4.79 Å². The second-order valence-electron chi connectivity index (χ2n) is 6.13. The standard InChI is InChI=1S/C14H24N2O3S/c1-14(6-3-7-20-14)9-15-13(19)16-11-5-2-4-10(8-11)12(17)18/h10-11H,2-9H2,1H3,(H,17,18)(H2,15,16,19). The summed E-state index contributed by atoms with van der Waals surface area (Å²) in [5.41, 5.74) is 0. The van der Waals surface area contributed by atoms with Crippen LogP contribution in [-0.2, 0) is 4.79 Å². The van der Waals surface area contributed by atoms with Crippen LogP contribution in [0.2, 0.25) is 0 Å². The molecule has 2 rings (SSSR count). The average molecular weight is 300 g/mol. The van der Waals surface area contributed by atoms with Crippen LogP contribution >= 0.6 is 11.8 Å². The average Bonchev–Trinajstić information content (AvgIpc) is 2.84. The Labute approximate surface area is 124 Å². The van der Waals surface area contributed by atoms with Crippen molar-refractivity contribution < 1.29 is 14.7 Å². The molecule has 1 aliphatic carbocycles. The van der Waals surface area contributed by atoms with Crippen molar-refractivity contribution in [3.05, 3.63) is 0 Å².